The van der Waals surface area contributed by atoms with Gasteiger partial charge >= 0.3 is 0 Å². The van der Waals surface area contributed by atoms with E-state index in [1.807, 2.05) is 61.2 Å². The Morgan fingerprint density at radius 3 is 2.23 bits per heavy atom. The fourth-order valence-corrected chi connectivity index (χ4v) is 5.30. The van der Waals surface area contributed by atoms with E-state index >= 15 is 0 Å². The van der Waals surface area contributed by atoms with Gasteiger partial charge in [-0.3, -0.25) is 0 Å². The molecular weight excluding hydrogens is 410 g/mol. The van der Waals surface area contributed by atoms with Gasteiger partial charge in [0.05, 0.1) is 4.90 Å². The number of sulfonamides is 1. The summed E-state index contributed by atoms with van der Waals surface area (Å²) in [5, 5.41) is 3.33. The molecule has 162 valence electrons. The molecule has 2 aromatic carbocycles. The smallest absolute Gasteiger partial charge is 0.243 e. The van der Waals surface area contributed by atoms with Crippen LogP contribution in [0.15, 0.2) is 59.5 Å². The van der Waals surface area contributed by atoms with Crippen LogP contribution in [-0.2, 0) is 10.0 Å². The first kappa shape index (κ1) is 21.3. The van der Waals surface area contributed by atoms with E-state index in [1.54, 1.807) is 16.4 Å². The van der Waals surface area contributed by atoms with E-state index in [1.165, 1.54) is 5.56 Å². The summed E-state index contributed by atoms with van der Waals surface area (Å²) in [5.74, 6) is 1.34. The fourth-order valence-electron chi connectivity index (χ4n) is 3.66. The second kappa shape index (κ2) is 8.64. The average Bonchev–Trinajstić information content (AvgIpc) is 2.75. The van der Waals surface area contributed by atoms with E-state index in [0.29, 0.717) is 37.0 Å². The molecule has 0 spiro atoms. The van der Waals surface area contributed by atoms with E-state index in [2.05, 4.69) is 22.2 Å². The summed E-state index contributed by atoms with van der Waals surface area (Å²) in [5.41, 5.74) is 3.78. The van der Waals surface area contributed by atoms with Crippen molar-refractivity contribution < 1.29 is 8.42 Å². The number of hydrogen-bond donors (Lipinski definition) is 1. The minimum Gasteiger partial charge on any atom is -0.340 e. The molecule has 2 heterocycles. The van der Waals surface area contributed by atoms with Crippen LogP contribution in [0.25, 0.3) is 0 Å². The zero-order chi connectivity index (χ0) is 22.0. The van der Waals surface area contributed by atoms with Crippen molar-refractivity contribution in [2.75, 3.05) is 36.4 Å². The molecule has 3 aromatic rings. The highest BCUT2D eigenvalue weighted by Crippen LogP contribution is 2.23. The van der Waals surface area contributed by atoms with Crippen molar-refractivity contribution in [3.63, 3.8) is 0 Å². The van der Waals surface area contributed by atoms with Gasteiger partial charge in [-0.15, -0.1) is 0 Å². The van der Waals surface area contributed by atoms with Crippen molar-refractivity contribution in [1.29, 1.82) is 0 Å². The van der Waals surface area contributed by atoms with E-state index in [-0.39, 0.29) is 0 Å². The molecule has 0 aliphatic carbocycles. The molecule has 0 unspecified atom stereocenters. The molecule has 7 nitrogen and oxygen atoms in total. The second-order valence-corrected chi connectivity index (χ2v) is 9.75. The molecule has 1 aliphatic heterocycles. The first-order valence-corrected chi connectivity index (χ1v) is 11.8. The number of benzene rings is 2. The number of nitrogens with one attached hydrogen (secondary N) is 1. The van der Waals surface area contributed by atoms with E-state index in [4.69, 9.17) is 0 Å². The van der Waals surface area contributed by atoms with Crippen LogP contribution in [0.5, 0.6) is 0 Å². The molecule has 1 N–H and O–H groups in total. The first-order chi connectivity index (χ1) is 14.8. The Morgan fingerprint density at radius 2 is 1.55 bits per heavy atom. The van der Waals surface area contributed by atoms with Gasteiger partial charge in [-0.25, -0.2) is 13.4 Å². The van der Waals surface area contributed by atoms with E-state index in [9.17, 15) is 8.42 Å². The lowest BCUT2D eigenvalue weighted by atomic mass is 10.2. The van der Waals surface area contributed by atoms with Crippen LogP contribution in [0.4, 0.5) is 17.5 Å². The van der Waals surface area contributed by atoms with Gasteiger partial charge in [0, 0.05) is 43.6 Å². The summed E-state index contributed by atoms with van der Waals surface area (Å²) < 4.78 is 27.7. The van der Waals surface area contributed by atoms with Gasteiger partial charge in [0.25, 0.3) is 0 Å². The van der Waals surface area contributed by atoms with Gasteiger partial charge in [0.1, 0.15) is 5.82 Å². The predicted octanol–water partition coefficient (Wildman–Crippen LogP) is 3.66. The zero-order valence-electron chi connectivity index (χ0n) is 18.0. The molecule has 1 saturated heterocycles. The third kappa shape index (κ3) is 4.70. The van der Waals surface area contributed by atoms with Crippen LogP contribution in [0.1, 0.15) is 16.8 Å². The summed E-state index contributed by atoms with van der Waals surface area (Å²) >= 11 is 0. The van der Waals surface area contributed by atoms with Crippen LogP contribution < -0.4 is 10.2 Å². The van der Waals surface area contributed by atoms with Gasteiger partial charge in [0.15, 0.2) is 0 Å². The Morgan fingerprint density at radius 1 is 0.871 bits per heavy atom. The highest BCUT2D eigenvalue weighted by Gasteiger charge is 2.30. The molecule has 31 heavy (non-hydrogen) atoms. The minimum absolute atomic E-state index is 0.375. The maximum absolute atomic E-state index is 13.1. The lowest BCUT2D eigenvalue weighted by Gasteiger charge is -2.34. The Bertz CT molecular complexity index is 1170. The van der Waals surface area contributed by atoms with Gasteiger partial charge in [-0.05, 0) is 44.5 Å². The Balaban J connectivity index is 1.48. The molecule has 0 atom stereocenters. The molecule has 0 bridgehead atoms. The van der Waals surface area contributed by atoms with Crippen molar-refractivity contribution >= 4 is 27.5 Å². The Hall–Kier alpha value is -2.97. The monoisotopic (exact) mass is 437 g/mol. The van der Waals surface area contributed by atoms with Crippen molar-refractivity contribution in [3.05, 3.63) is 71.4 Å². The average molecular weight is 438 g/mol. The largest absolute Gasteiger partial charge is 0.340 e. The number of anilines is 3. The van der Waals surface area contributed by atoms with Crippen molar-refractivity contribution in [2.45, 2.75) is 25.7 Å². The molecule has 1 aromatic heterocycles. The fraction of sp³-hybridized carbons (Fsp3) is 0.304. The van der Waals surface area contributed by atoms with Crippen LogP contribution in [0.2, 0.25) is 0 Å². The molecule has 1 aliphatic rings. The van der Waals surface area contributed by atoms with Crippen molar-refractivity contribution in [3.8, 4) is 0 Å². The third-order valence-corrected chi connectivity index (χ3v) is 7.46. The molecule has 8 heteroatoms. The van der Waals surface area contributed by atoms with Gasteiger partial charge < -0.3 is 10.2 Å². The van der Waals surface area contributed by atoms with Crippen molar-refractivity contribution in [1.82, 2.24) is 14.3 Å². The molecule has 0 amide bonds. The zero-order valence-corrected chi connectivity index (χ0v) is 18.9. The Kier molecular flexibility index (Phi) is 5.93. The van der Waals surface area contributed by atoms with Crippen LogP contribution in [0.3, 0.4) is 0 Å². The lowest BCUT2D eigenvalue weighted by molar-refractivity contribution is 0.382. The molecule has 0 radical (unpaired) electrons. The van der Waals surface area contributed by atoms with E-state index < -0.39 is 10.0 Å². The van der Waals surface area contributed by atoms with Crippen LogP contribution >= 0.6 is 0 Å². The van der Waals surface area contributed by atoms with Gasteiger partial charge in [-0.1, -0.05) is 35.9 Å². The summed E-state index contributed by atoms with van der Waals surface area (Å²) in [4.78, 5) is 11.7. The van der Waals surface area contributed by atoms with Gasteiger partial charge in [0.2, 0.25) is 16.0 Å². The number of hydrogen-bond acceptors (Lipinski definition) is 6. The quantitative estimate of drug-likeness (QED) is 0.656. The predicted molar refractivity (Wildman–Crippen MR) is 123 cm³/mol. The highest BCUT2D eigenvalue weighted by atomic mass is 32.2. The summed E-state index contributed by atoms with van der Waals surface area (Å²) in [6, 6.07) is 17.1. The molecule has 1 fully saturated rings. The van der Waals surface area contributed by atoms with E-state index in [0.717, 1.165) is 22.8 Å². The van der Waals surface area contributed by atoms with Gasteiger partial charge in [-0.2, -0.15) is 9.29 Å². The molecule has 0 saturated carbocycles. The summed E-state index contributed by atoms with van der Waals surface area (Å²) in [6.45, 7) is 7.69. The lowest BCUT2D eigenvalue weighted by Crippen LogP contribution is -2.49. The number of piperazine rings is 1. The van der Waals surface area contributed by atoms with Crippen LogP contribution in [0, 0.1) is 20.8 Å². The number of rotatable bonds is 5. The summed E-state index contributed by atoms with van der Waals surface area (Å²) in [6.07, 6.45) is 0. The maximum atomic E-state index is 13.1. The topological polar surface area (TPSA) is 78.4 Å². The highest BCUT2D eigenvalue weighted by molar-refractivity contribution is 7.89. The second-order valence-electron chi connectivity index (χ2n) is 7.84. The first-order valence-electron chi connectivity index (χ1n) is 10.3. The van der Waals surface area contributed by atoms with Crippen molar-refractivity contribution in [2.24, 2.45) is 0 Å². The normalized spacial score (nSPS) is 15.1. The third-order valence-electron chi connectivity index (χ3n) is 5.40. The maximum Gasteiger partial charge on any atom is 0.243 e. The number of aryl methyl sites for hydroxylation is 3. The minimum atomic E-state index is -3.51. The standard InChI is InChI=1S/C23H27N5O2S/c1-17-8-10-20(11-9-17)25-22-16-19(3)24-23(26-22)27-12-14-28(15-13-27)31(29,30)21-7-5-4-6-18(21)2/h4-11,16H,12-15H2,1-3H3,(H,24,25,26). The number of nitrogens with zero attached hydrogens (tertiary/aromatic N) is 4. The number of aromatic nitrogens is 2. The Labute approximate surface area is 183 Å². The van der Waals surface area contributed by atoms with Crippen LogP contribution in [-0.4, -0.2) is 48.9 Å². The SMILES string of the molecule is Cc1ccc(Nc2cc(C)nc(N3CCN(S(=O)(=O)c4ccccc4C)CC3)n2)cc1. The molecule has 4 rings (SSSR count). The molecular formula is C23H27N5O2S. The summed E-state index contributed by atoms with van der Waals surface area (Å²) in [7, 11) is -3.51.